The molecule has 1 saturated heterocycles. The second kappa shape index (κ2) is 5.62. The molecule has 3 radical (unpaired) electrons. The first-order valence-electron chi connectivity index (χ1n) is 6.82. The zero-order valence-corrected chi connectivity index (χ0v) is 12.1. The van der Waals surface area contributed by atoms with Crippen molar-refractivity contribution in [3.63, 3.8) is 0 Å². The quantitative estimate of drug-likeness (QED) is 0.849. The van der Waals surface area contributed by atoms with Crippen LogP contribution < -0.4 is 9.47 Å². The van der Waals surface area contributed by atoms with Crippen molar-refractivity contribution >= 4 is 0 Å². The Morgan fingerprint density at radius 2 is 1.95 bits per heavy atom. The van der Waals surface area contributed by atoms with E-state index in [1.165, 1.54) is 5.92 Å². The van der Waals surface area contributed by atoms with Crippen molar-refractivity contribution in [3.8, 4) is 11.5 Å². The lowest BCUT2D eigenvalue weighted by Crippen LogP contribution is -2.27. The summed E-state index contributed by atoms with van der Waals surface area (Å²) in [7, 11) is 3.37. The van der Waals surface area contributed by atoms with E-state index in [1.54, 1.807) is 14.2 Å². The van der Waals surface area contributed by atoms with Gasteiger partial charge in [0.05, 0.1) is 26.9 Å². The predicted octanol–water partition coefficient (Wildman–Crippen LogP) is 2.42. The Labute approximate surface area is 120 Å². The van der Waals surface area contributed by atoms with Gasteiger partial charge in [-0.15, -0.1) is 0 Å². The van der Waals surface area contributed by atoms with E-state index in [1.807, 2.05) is 19.1 Å². The zero-order valence-electron chi connectivity index (χ0n) is 12.1. The summed E-state index contributed by atoms with van der Waals surface area (Å²) in [5.41, 5.74) is 2.14. The van der Waals surface area contributed by atoms with E-state index in [0.717, 1.165) is 35.5 Å². The van der Waals surface area contributed by atoms with Crippen LogP contribution in [0.15, 0.2) is 12.1 Å². The summed E-state index contributed by atoms with van der Waals surface area (Å²) in [6, 6.07) is 3.86. The maximum Gasteiger partial charge on any atom is 0.155 e. The number of ether oxygens (including phenoxy) is 4. The Hall–Kier alpha value is -1.26. The molecule has 1 heterocycles. The molecule has 0 spiro atoms. The lowest BCUT2D eigenvalue weighted by atomic mass is 9.80. The molecule has 1 aliphatic heterocycles. The van der Waals surface area contributed by atoms with Gasteiger partial charge in [-0.2, -0.15) is 0 Å². The van der Waals surface area contributed by atoms with Gasteiger partial charge < -0.3 is 18.9 Å². The largest absolute Gasteiger partial charge is 0.496 e. The van der Waals surface area contributed by atoms with E-state index >= 15 is 0 Å². The average molecular weight is 275 g/mol. The summed E-state index contributed by atoms with van der Waals surface area (Å²) in [5.74, 6) is 3.00. The maximum atomic E-state index is 5.77. The molecule has 107 valence electrons. The molecule has 1 aromatic rings. The highest BCUT2D eigenvalue weighted by Crippen LogP contribution is 2.41. The van der Waals surface area contributed by atoms with Crippen molar-refractivity contribution < 1.29 is 18.9 Å². The maximum absolute atomic E-state index is 5.77. The van der Waals surface area contributed by atoms with Crippen LogP contribution >= 0.6 is 0 Å². The first-order valence-corrected chi connectivity index (χ1v) is 6.82. The molecule has 0 unspecified atom stereocenters. The first kappa shape index (κ1) is 13.7. The molecule has 2 atom stereocenters. The molecule has 1 aromatic carbocycles. The van der Waals surface area contributed by atoms with Gasteiger partial charge in [-0.3, -0.25) is 0 Å². The summed E-state index contributed by atoms with van der Waals surface area (Å²) < 4.78 is 22.1. The molecule has 0 N–H and O–H groups in total. The highest BCUT2D eigenvalue weighted by Gasteiger charge is 2.35. The van der Waals surface area contributed by atoms with Crippen LogP contribution in [0.4, 0.5) is 0 Å². The van der Waals surface area contributed by atoms with Crippen molar-refractivity contribution in [2.45, 2.75) is 32.2 Å². The molecule has 20 heavy (non-hydrogen) atoms. The van der Waals surface area contributed by atoms with E-state index in [-0.39, 0.29) is 12.4 Å². The number of hydrogen-bond acceptors (Lipinski definition) is 4. The van der Waals surface area contributed by atoms with Gasteiger partial charge in [0, 0.05) is 23.5 Å². The molecule has 0 aromatic heterocycles. The monoisotopic (exact) mass is 275 g/mol. The summed E-state index contributed by atoms with van der Waals surface area (Å²) in [4.78, 5) is 0. The Morgan fingerprint density at radius 3 is 2.60 bits per heavy atom. The SMILES string of the molecule is COc1ccc(OC)c2c1[C]C[C]([C@H]1CO[C@@H](C)O1)C2. The number of hydrogen-bond donors (Lipinski definition) is 0. The highest BCUT2D eigenvalue weighted by atomic mass is 16.7. The van der Waals surface area contributed by atoms with Crippen molar-refractivity contribution in [1.82, 2.24) is 0 Å². The van der Waals surface area contributed by atoms with Crippen LogP contribution in [0.5, 0.6) is 11.5 Å². The minimum atomic E-state index is -0.124. The Morgan fingerprint density at radius 1 is 1.20 bits per heavy atom. The molecule has 0 saturated carbocycles. The number of fused-ring (bicyclic) bond motifs is 1. The van der Waals surface area contributed by atoms with E-state index in [2.05, 4.69) is 6.42 Å². The highest BCUT2D eigenvalue weighted by molar-refractivity contribution is 5.55. The normalized spacial score (nSPS) is 26.4. The van der Waals surface area contributed by atoms with Crippen molar-refractivity contribution in [1.29, 1.82) is 0 Å². The molecule has 1 fully saturated rings. The van der Waals surface area contributed by atoms with Crippen LogP contribution in [0.3, 0.4) is 0 Å². The molecule has 4 heteroatoms. The van der Waals surface area contributed by atoms with E-state index < -0.39 is 0 Å². The van der Waals surface area contributed by atoms with Gasteiger partial charge in [0.2, 0.25) is 0 Å². The Kier molecular flexibility index (Phi) is 3.85. The summed E-state index contributed by atoms with van der Waals surface area (Å²) >= 11 is 0. The summed E-state index contributed by atoms with van der Waals surface area (Å²) in [5, 5.41) is 0. The molecular weight excluding hydrogens is 256 g/mol. The predicted molar refractivity (Wildman–Crippen MR) is 73.7 cm³/mol. The fourth-order valence-electron chi connectivity index (χ4n) is 2.80. The van der Waals surface area contributed by atoms with Crippen LogP contribution in [-0.2, 0) is 15.9 Å². The molecule has 0 bridgehead atoms. The van der Waals surface area contributed by atoms with Gasteiger partial charge >= 0.3 is 0 Å². The lowest BCUT2D eigenvalue weighted by molar-refractivity contribution is -0.0403. The zero-order chi connectivity index (χ0) is 14.1. The van der Waals surface area contributed by atoms with Crippen LogP contribution in [-0.4, -0.2) is 33.2 Å². The second-order valence-corrected chi connectivity index (χ2v) is 5.04. The van der Waals surface area contributed by atoms with Gasteiger partial charge in [-0.05, 0) is 31.9 Å². The third kappa shape index (κ3) is 2.38. The number of benzene rings is 1. The standard InChI is InChI=1S/C16H19O4/c1-10-19-9-16(20-10)11-4-5-12-13(8-11)15(18-3)7-6-14(12)17-2/h6-7,10,16H,4,8-9H2,1-3H3/t10-,16-/m1/s1. The molecule has 2 aliphatic rings. The summed E-state index contributed by atoms with van der Waals surface area (Å²) in [6.45, 7) is 2.55. The van der Waals surface area contributed by atoms with Crippen molar-refractivity contribution in [2.75, 3.05) is 20.8 Å². The van der Waals surface area contributed by atoms with E-state index in [0.29, 0.717) is 6.61 Å². The van der Waals surface area contributed by atoms with Gasteiger partial charge in [0.15, 0.2) is 6.29 Å². The first-order chi connectivity index (χ1) is 9.72. The van der Waals surface area contributed by atoms with Gasteiger partial charge in [0.1, 0.15) is 11.5 Å². The third-order valence-electron chi connectivity index (χ3n) is 3.86. The fraction of sp³-hybridized carbons (Fsp3) is 0.500. The second-order valence-electron chi connectivity index (χ2n) is 5.04. The molecule has 0 amide bonds. The Balaban J connectivity index is 1.86. The fourth-order valence-corrected chi connectivity index (χ4v) is 2.80. The van der Waals surface area contributed by atoms with Crippen LogP contribution in [0.25, 0.3) is 0 Å². The summed E-state index contributed by atoms with van der Waals surface area (Å²) in [6.07, 6.45) is 4.95. The van der Waals surface area contributed by atoms with Gasteiger partial charge in [-0.1, -0.05) is 0 Å². The van der Waals surface area contributed by atoms with Gasteiger partial charge in [-0.25, -0.2) is 0 Å². The Bertz CT molecular complexity index is 486. The van der Waals surface area contributed by atoms with Crippen LogP contribution in [0.2, 0.25) is 0 Å². The minimum Gasteiger partial charge on any atom is -0.496 e. The van der Waals surface area contributed by atoms with Crippen molar-refractivity contribution in [2.24, 2.45) is 0 Å². The molecule has 4 nitrogen and oxygen atoms in total. The van der Waals surface area contributed by atoms with Gasteiger partial charge in [0.25, 0.3) is 0 Å². The smallest absolute Gasteiger partial charge is 0.155 e. The third-order valence-corrected chi connectivity index (χ3v) is 3.86. The van der Waals surface area contributed by atoms with E-state index in [9.17, 15) is 0 Å². The lowest BCUT2D eigenvalue weighted by Gasteiger charge is -2.29. The molecular formula is C16H19O4. The molecule has 3 rings (SSSR count). The van der Waals surface area contributed by atoms with Crippen molar-refractivity contribution in [3.05, 3.63) is 35.6 Å². The molecule has 1 aliphatic carbocycles. The number of methoxy groups -OCH3 is 2. The average Bonchev–Trinajstić information content (AvgIpc) is 2.92. The number of rotatable bonds is 3. The topological polar surface area (TPSA) is 36.9 Å². The van der Waals surface area contributed by atoms with Crippen LogP contribution in [0.1, 0.15) is 24.5 Å². The van der Waals surface area contributed by atoms with E-state index in [4.69, 9.17) is 18.9 Å². The minimum absolute atomic E-state index is 0.0570. The van der Waals surface area contributed by atoms with Crippen LogP contribution in [0, 0.1) is 12.3 Å².